The summed E-state index contributed by atoms with van der Waals surface area (Å²) in [5.41, 5.74) is 0.294. The molecule has 0 radical (unpaired) electrons. The second-order valence-electron chi connectivity index (χ2n) is 6.46. The van der Waals surface area contributed by atoms with Crippen molar-refractivity contribution in [1.29, 1.82) is 0 Å². The summed E-state index contributed by atoms with van der Waals surface area (Å²) >= 11 is 0. The minimum absolute atomic E-state index is 0.294. The van der Waals surface area contributed by atoms with E-state index >= 15 is 0 Å². The fourth-order valence-corrected chi connectivity index (χ4v) is 2.14. The summed E-state index contributed by atoms with van der Waals surface area (Å²) in [6, 6.07) is 0.814. The Morgan fingerprint density at radius 3 is 2.50 bits per heavy atom. The highest BCUT2D eigenvalue weighted by Crippen LogP contribution is 2.29. The van der Waals surface area contributed by atoms with Crippen LogP contribution in [0.25, 0.3) is 0 Å². The summed E-state index contributed by atoms with van der Waals surface area (Å²) in [7, 11) is 0. The minimum Gasteiger partial charge on any atom is -0.381 e. The van der Waals surface area contributed by atoms with Crippen LogP contribution in [-0.4, -0.2) is 25.8 Å². The lowest BCUT2D eigenvalue weighted by Gasteiger charge is -2.27. The molecule has 2 aliphatic rings. The Bertz CT molecular complexity index is 207. The van der Waals surface area contributed by atoms with Gasteiger partial charge in [-0.2, -0.15) is 0 Å². The van der Waals surface area contributed by atoms with Crippen LogP contribution in [0.1, 0.15) is 52.4 Å². The van der Waals surface area contributed by atoms with Crippen LogP contribution in [-0.2, 0) is 4.74 Å². The van der Waals surface area contributed by atoms with Gasteiger partial charge in [-0.25, -0.2) is 0 Å². The van der Waals surface area contributed by atoms with Crippen LogP contribution in [0.15, 0.2) is 0 Å². The predicted molar refractivity (Wildman–Crippen MR) is 67.6 cm³/mol. The van der Waals surface area contributed by atoms with Crippen molar-refractivity contribution >= 4 is 0 Å². The lowest BCUT2D eigenvalue weighted by atomic mass is 9.83. The molecule has 0 spiro atoms. The molecule has 16 heavy (non-hydrogen) atoms. The van der Waals surface area contributed by atoms with Crippen LogP contribution in [0.5, 0.6) is 0 Å². The van der Waals surface area contributed by atoms with E-state index < -0.39 is 0 Å². The van der Waals surface area contributed by atoms with E-state index in [0.717, 1.165) is 31.7 Å². The Morgan fingerprint density at radius 1 is 1.19 bits per heavy atom. The third-order valence-electron chi connectivity index (χ3n) is 3.83. The van der Waals surface area contributed by atoms with Gasteiger partial charge in [0.2, 0.25) is 0 Å². The monoisotopic (exact) mass is 225 g/mol. The Kier molecular flexibility index (Phi) is 4.26. The first-order valence-corrected chi connectivity index (χ1v) is 6.97. The van der Waals surface area contributed by atoms with Gasteiger partial charge in [0.05, 0.1) is 6.61 Å². The van der Waals surface area contributed by atoms with E-state index in [0.29, 0.717) is 5.41 Å². The van der Waals surface area contributed by atoms with Crippen molar-refractivity contribution in [3.8, 4) is 0 Å². The predicted octanol–water partition coefficient (Wildman–Crippen LogP) is 2.97. The SMILES string of the molecule is CC(C)(CNC1CC1)COCCC1CCC1. The zero-order chi connectivity index (χ0) is 11.4. The maximum Gasteiger partial charge on any atom is 0.0529 e. The van der Waals surface area contributed by atoms with Crippen LogP contribution in [0, 0.1) is 11.3 Å². The van der Waals surface area contributed by atoms with Crippen LogP contribution in [0.2, 0.25) is 0 Å². The molecule has 2 heteroatoms. The molecule has 0 unspecified atom stereocenters. The highest BCUT2D eigenvalue weighted by molar-refractivity contribution is 4.84. The molecule has 2 fully saturated rings. The van der Waals surface area contributed by atoms with E-state index in [-0.39, 0.29) is 0 Å². The molecular formula is C14H27NO. The number of hydrogen-bond acceptors (Lipinski definition) is 2. The van der Waals surface area contributed by atoms with Gasteiger partial charge in [-0.15, -0.1) is 0 Å². The van der Waals surface area contributed by atoms with Crippen LogP contribution < -0.4 is 5.32 Å². The van der Waals surface area contributed by atoms with Gasteiger partial charge in [0, 0.05) is 24.6 Å². The summed E-state index contributed by atoms with van der Waals surface area (Å²) in [6.45, 7) is 7.56. The second kappa shape index (κ2) is 5.50. The largest absolute Gasteiger partial charge is 0.381 e. The molecule has 2 aliphatic carbocycles. The van der Waals surface area contributed by atoms with Gasteiger partial charge in [-0.3, -0.25) is 0 Å². The third-order valence-corrected chi connectivity index (χ3v) is 3.83. The highest BCUT2D eigenvalue weighted by Gasteiger charge is 2.25. The van der Waals surface area contributed by atoms with E-state index in [4.69, 9.17) is 4.74 Å². The fraction of sp³-hybridized carbons (Fsp3) is 1.00. The Labute approximate surface area is 100 Å². The Balaban J connectivity index is 1.48. The Morgan fingerprint density at radius 2 is 1.94 bits per heavy atom. The van der Waals surface area contributed by atoms with Crippen molar-refractivity contribution in [2.45, 2.75) is 58.4 Å². The molecule has 2 nitrogen and oxygen atoms in total. The molecule has 1 N–H and O–H groups in total. The smallest absolute Gasteiger partial charge is 0.0529 e. The summed E-state index contributed by atoms with van der Waals surface area (Å²) < 4.78 is 5.82. The number of hydrogen-bond donors (Lipinski definition) is 1. The standard InChI is InChI=1S/C14H27NO/c1-14(2,10-15-13-6-7-13)11-16-9-8-12-4-3-5-12/h12-13,15H,3-11H2,1-2H3. The molecule has 2 rings (SSSR count). The molecule has 0 heterocycles. The Hall–Kier alpha value is -0.0800. The lowest BCUT2D eigenvalue weighted by Crippen LogP contribution is -2.34. The summed E-state index contributed by atoms with van der Waals surface area (Å²) in [5, 5.41) is 3.59. The number of nitrogens with one attached hydrogen (secondary N) is 1. The normalized spacial score (nSPS) is 22.1. The maximum absolute atomic E-state index is 5.82. The van der Waals surface area contributed by atoms with Crippen LogP contribution in [0.4, 0.5) is 0 Å². The molecule has 0 atom stereocenters. The average Bonchev–Trinajstić information content (AvgIpc) is 2.95. The average molecular weight is 225 g/mol. The minimum atomic E-state index is 0.294. The first-order chi connectivity index (χ1) is 7.66. The second-order valence-corrected chi connectivity index (χ2v) is 6.46. The van der Waals surface area contributed by atoms with Crippen molar-refractivity contribution in [2.24, 2.45) is 11.3 Å². The van der Waals surface area contributed by atoms with Gasteiger partial charge in [0.15, 0.2) is 0 Å². The molecule has 0 aromatic carbocycles. The van der Waals surface area contributed by atoms with Crippen molar-refractivity contribution < 1.29 is 4.74 Å². The molecule has 2 saturated carbocycles. The van der Waals surface area contributed by atoms with Gasteiger partial charge in [-0.1, -0.05) is 33.1 Å². The van der Waals surface area contributed by atoms with Crippen molar-refractivity contribution in [3.63, 3.8) is 0 Å². The summed E-state index contributed by atoms with van der Waals surface area (Å²) in [5.74, 6) is 0.979. The van der Waals surface area contributed by atoms with Crippen molar-refractivity contribution in [3.05, 3.63) is 0 Å². The third kappa shape index (κ3) is 4.42. The van der Waals surface area contributed by atoms with E-state index in [2.05, 4.69) is 19.2 Å². The molecule has 94 valence electrons. The molecule has 0 amide bonds. The van der Waals surface area contributed by atoms with Gasteiger partial charge in [0.1, 0.15) is 0 Å². The van der Waals surface area contributed by atoms with E-state index in [1.165, 1.54) is 38.5 Å². The van der Waals surface area contributed by atoms with Crippen LogP contribution in [0.3, 0.4) is 0 Å². The molecule has 0 aromatic heterocycles. The van der Waals surface area contributed by atoms with Gasteiger partial charge >= 0.3 is 0 Å². The number of ether oxygens (including phenoxy) is 1. The highest BCUT2D eigenvalue weighted by atomic mass is 16.5. The first-order valence-electron chi connectivity index (χ1n) is 6.97. The molecule has 0 aliphatic heterocycles. The first kappa shape index (κ1) is 12.4. The molecule has 0 bridgehead atoms. The zero-order valence-corrected chi connectivity index (χ0v) is 10.9. The van der Waals surface area contributed by atoms with Crippen molar-refractivity contribution in [1.82, 2.24) is 5.32 Å². The molecule has 0 saturated heterocycles. The lowest BCUT2D eigenvalue weighted by molar-refractivity contribution is 0.0478. The topological polar surface area (TPSA) is 21.3 Å². The van der Waals surface area contributed by atoms with E-state index in [1.54, 1.807) is 0 Å². The number of rotatable bonds is 8. The summed E-state index contributed by atoms with van der Waals surface area (Å²) in [6.07, 6.45) is 8.36. The van der Waals surface area contributed by atoms with Gasteiger partial charge < -0.3 is 10.1 Å². The molecular weight excluding hydrogens is 198 g/mol. The van der Waals surface area contributed by atoms with Crippen LogP contribution >= 0.6 is 0 Å². The zero-order valence-electron chi connectivity index (χ0n) is 10.9. The molecule has 0 aromatic rings. The van der Waals surface area contributed by atoms with Crippen molar-refractivity contribution in [2.75, 3.05) is 19.8 Å². The van der Waals surface area contributed by atoms with E-state index in [9.17, 15) is 0 Å². The maximum atomic E-state index is 5.82. The quantitative estimate of drug-likeness (QED) is 0.641. The van der Waals surface area contributed by atoms with Gasteiger partial charge in [0.25, 0.3) is 0 Å². The van der Waals surface area contributed by atoms with E-state index in [1.807, 2.05) is 0 Å². The summed E-state index contributed by atoms with van der Waals surface area (Å²) in [4.78, 5) is 0. The fourth-order valence-electron chi connectivity index (χ4n) is 2.14. The van der Waals surface area contributed by atoms with Gasteiger partial charge in [-0.05, 0) is 25.2 Å².